The van der Waals surface area contributed by atoms with Gasteiger partial charge in [-0.1, -0.05) is 17.7 Å². The number of rotatable bonds is 5. The minimum atomic E-state index is -0.206. The number of halogens is 1. The number of thioether (sulfide) groups is 1. The molecule has 0 saturated heterocycles. The van der Waals surface area contributed by atoms with Gasteiger partial charge in [0.2, 0.25) is 11.8 Å². The zero-order valence-electron chi connectivity index (χ0n) is 12.0. The van der Waals surface area contributed by atoms with Crippen LogP contribution < -0.4 is 15.2 Å². The fraction of sp³-hybridized carbons (Fsp3) is 0.286. The van der Waals surface area contributed by atoms with Crippen LogP contribution in [-0.2, 0) is 0 Å². The van der Waals surface area contributed by atoms with Crippen LogP contribution in [0.1, 0.15) is 16.6 Å². The Balaban J connectivity index is 2.56. The van der Waals surface area contributed by atoms with Crippen molar-refractivity contribution in [3.8, 4) is 11.8 Å². The van der Waals surface area contributed by atoms with Gasteiger partial charge in [0.1, 0.15) is 0 Å². The molecule has 0 saturated carbocycles. The van der Waals surface area contributed by atoms with Crippen molar-refractivity contribution in [1.82, 2.24) is 9.97 Å². The molecule has 21 heavy (non-hydrogen) atoms. The van der Waals surface area contributed by atoms with Crippen LogP contribution >= 0.6 is 23.4 Å². The summed E-state index contributed by atoms with van der Waals surface area (Å²) in [5.74, 6) is 1.40. The first-order chi connectivity index (χ1) is 10.1. The molecule has 2 N–H and O–H groups in total. The maximum atomic E-state index is 6.29. The van der Waals surface area contributed by atoms with Crippen molar-refractivity contribution in [2.45, 2.75) is 5.25 Å². The largest absolute Gasteiger partial charge is 0.481 e. The zero-order chi connectivity index (χ0) is 15.4. The van der Waals surface area contributed by atoms with Gasteiger partial charge in [-0.15, -0.1) is 11.8 Å². The number of anilines is 1. The molecule has 5 nitrogen and oxygen atoms in total. The maximum Gasteiger partial charge on any atom is 0.220 e. The lowest BCUT2D eigenvalue weighted by Crippen LogP contribution is -2.08. The third kappa shape index (κ3) is 3.33. The minimum absolute atomic E-state index is 0.206. The molecule has 0 aliphatic rings. The van der Waals surface area contributed by atoms with Crippen LogP contribution in [0.2, 0.25) is 5.02 Å². The highest BCUT2D eigenvalue weighted by Crippen LogP contribution is 2.40. The molecule has 112 valence electrons. The molecule has 1 aromatic heterocycles. The summed E-state index contributed by atoms with van der Waals surface area (Å²) in [6.45, 7) is 0. The van der Waals surface area contributed by atoms with Crippen molar-refractivity contribution in [3.05, 3.63) is 40.7 Å². The predicted molar refractivity (Wildman–Crippen MR) is 86.4 cm³/mol. The molecule has 2 rings (SSSR count). The summed E-state index contributed by atoms with van der Waals surface area (Å²) in [7, 11) is 3.09. The fourth-order valence-electron chi connectivity index (χ4n) is 1.93. The number of nitrogens with zero attached hydrogens (tertiary/aromatic N) is 2. The molecule has 1 heterocycles. The molecule has 0 radical (unpaired) electrons. The lowest BCUT2D eigenvalue weighted by molar-refractivity contribution is 0.368. The number of benzene rings is 1. The second-order valence-electron chi connectivity index (χ2n) is 4.17. The van der Waals surface area contributed by atoms with E-state index in [4.69, 9.17) is 26.8 Å². The van der Waals surface area contributed by atoms with Gasteiger partial charge in [0.15, 0.2) is 5.82 Å². The van der Waals surface area contributed by atoms with E-state index in [0.717, 1.165) is 5.56 Å². The van der Waals surface area contributed by atoms with Crippen molar-refractivity contribution < 1.29 is 9.47 Å². The van der Waals surface area contributed by atoms with Gasteiger partial charge >= 0.3 is 0 Å². The lowest BCUT2D eigenvalue weighted by atomic mass is 10.1. The number of nitrogen functional groups attached to an aromatic ring is 1. The van der Waals surface area contributed by atoms with Gasteiger partial charge < -0.3 is 15.2 Å². The number of nitrogens with two attached hydrogens (primary N) is 1. The Labute approximate surface area is 132 Å². The number of hydrogen-bond acceptors (Lipinski definition) is 6. The summed E-state index contributed by atoms with van der Waals surface area (Å²) in [5, 5.41) is 0.377. The van der Waals surface area contributed by atoms with Crippen LogP contribution in [-0.4, -0.2) is 30.4 Å². The van der Waals surface area contributed by atoms with Crippen LogP contribution in [0.4, 0.5) is 5.69 Å². The van der Waals surface area contributed by atoms with Gasteiger partial charge in [0.05, 0.1) is 25.5 Å². The Hall–Kier alpha value is -1.66. The van der Waals surface area contributed by atoms with Crippen molar-refractivity contribution in [3.63, 3.8) is 0 Å². The third-order valence-corrected chi connectivity index (χ3v) is 4.18. The van der Waals surface area contributed by atoms with Crippen LogP contribution in [0.15, 0.2) is 24.3 Å². The van der Waals surface area contributed by atoms with Crippen molar-refractivity contribution in [1.29, 1.82) is 0 Å². The quantitative estimate of drug-likeness (QED) is 0.851. The van der Waals surface area contributed by atoms with E-state index >= 15 is 0 Å². The fourth-order valence-corrected chi connectivity index (χ4v) is 3.10. The molecule has 0 spiro atoms. The molecular formula is C14H16ClN3O2S. The number of methoxy groups -OCH3 is 2. The summed E-state index contributed by atoms with van der Waals surface area (Å²) < 4.78 is 10.4. The van der Waals surface area contributed by atoms with E-state index < -0.39 is 0 Å². The number of aromatic nitrogens is 2. The molecule has 1 aromatic carbocycles. The van der Waals surface area contributed by atoms with E-state index in [1.165, 1.54) is 0 Å². The monoisotopic (exact) mass is 325 g/mol. The number of hydrogen-bond donors (Lipinski definition) is 1. The second-order valence-corrected chi connectivity index (χ2v) is 5.52. The van der Waals surface area contributed by atoms with Crippen LogP contribution in [0.3, 0.4) is 0 Å². The molecule has 0 aliphatic heterocycles. The predicted octanol–water partition coefficient (Wildman–Crippen LogP) is 3.18. The molecule has 0 bridgehead atoms. The molecule has 1 unspecified atom stereocenters. The highest BCUT2D eigenvalue weighted by atomic mass is 35.5. The Kier molecular flexibility index (Phi) is 5.14. The minimum Gasteiger partial charge on any atom is -0.481 e. The molecular weight excluding hydrogens is 310 g/mol. The molecule has 0 aliphatic carbocycles. The first-order valence-electron chi connectivity index (χ1n) is 6.14. The van der Waals surface area contributed by atoms with Crippen LogP contribution in [0.25, 0.3) is 0 Å². The van der Waals surface area contributed by atoms with E-state index in [1.54, 1.807) is 38.1 Å². The first-order valence-corrected chi connectivity index (χ1v) is 7.81. The van der Waals surface area contributed by atoms with Gasteiger partial charge in [0.25, 0.3) is 0 Å². The maximum absolute atomic E-state index is 6.29. The molecule has 7 heteroatoms. The summed E-state index contributed by atoms with van der Waals surface area (Å²) in [5.41, 5.74) is 7.46. The van der Waals surface area contributed by atoms with Crippen molar-refractivity contribution in [2.75, 3.05) is 26.2 Å². The van der Waals surface area contributed by atoms with E-state index in [0.29, 0.717) is 28.3 Å². The highest BCUT2D eigenvalue weighted by Gasteiger charge is 2.23. The first kappa shape index (κ1) is 15.7. The SMILES string of the molecule is COc1cc(OC)nc(C(SC)c2c(N)cccc2Cl)n1. The number of ether oxygens (including phenoxy) is 2. The molecule has 2 aromatic rings. The Morgan fingerprint density at radius 2 is 1.81 bits per heavy atom. The van der Waals surface area contributed by atoms with Gasteiger partial charge in [-0.3, -0.25) is 0 Å². The summed E-state index contributed by atoms with van der Waals surface area (Å²) >= 11 is 7.83. The lowest BCUT2D eigenvalue weighted by Gasteiger charge is -2.18. The van der Waals surface area contributed by atoms with Crippen molar-refractivity contribution >= 4 is 29.1 Å². The summed E-state index contributed by atoms with van der Waals surface area (Å²) in [4.78, 5) is 8.76. The topological polar surface area (TPSA) is 70.3 Å². The summed E-state index contributed by atoms with van der Waals surface area (Å²) in [6, 6.07) is 7.04. The van der Waals surface area contributed by atoms with Crippen molar-refractivity contribution in [2.24, 2.45) is 0 Å². The average Bonchev–Trinajstić information content (AvgIpc) is 2.50. The van der Waals surface area contributed by atoms with E-state index in [1.807, 2.05) is 18.4 Å². The Morgan fingerprint density at radius 1 is 1.19 bits per heavy atom. The van der Waals surface area contributed by atoms with E-state index in [2.05, 4.69) is 9.97 Å². The van der Waals surface area contributed by atoms with E-state index in [9.17, 15) is 0 Å². The van der Waals surface area contributed by atoms with Crippen LogP contribution in [0.5, 0.6) is 11.8 Å². The van der Waals surface area contributed by atoms with E-state index in [-0.39, 0.29) is 5.25 Å². The van der Waals surface area contributed by atoms with Gasteiger partial charge in [-0.05, 0) is 18.4 Å². The highest BCUT2D eigenvalue weighted by molar-refractivity contribution is 7.99. The smallest absolute Gasteiger partial charge is 0.220 e. The molecule has 0 fully saturated rings. The summed E-state index contributed by atoms with van der Waals surface area (Å²) in [6.07, 6.45) is 1.95. The Bertz CT molecular complexity index is 597. The molecule has 0 amide bonds. The average molecular weight is 326 g/mol. The zero-order valence-corrected chi connectivity index (χ0v) is 13.5. The second kappa shape index (κ2) is 6.87. The van der Waals surface area contributed by atoms with Crippen LogP contribution in [0, 0.1) is 0 Å². The van der Waals surface area contributed by atoms with Gasteiger partial charge in [-0.25, -0.2) is 0 Å². The Morgan fingerprint density at radius 3 is 2.29 bits per heavy atom. The van der Waals surface area contributed by atoms with Gasteiger partial charge in [0, 0.05) is 16.3 Å². The molecule has 1 atom stereocenters. The third-order valence-electron chi connectivity index (χ3n) is 2.93. The standard InChI is InChI=1S/C14H16ClN3O2S/c1-19-10-7-11(20-2)18-14(17-10)13(21-3)12-8(15)5-4-6-9(12)16/h4-7,13H,16H2,1-3H3. The normalized spacial score (nSPS) is 12.0. The van der Waals surface area contributed by atoms with Gasteiger partial charge in [-0.2, -0.15) is 9.97 Å².